The summed E-state index contributed by atoms with van der Waals surface area (Å²) in [6.07, 6.45) is 2.53. The van der Waals surface area contributed by atoms with Crippen LogP contribution in [0.2, 0.25) is 0 Å². The molecule has 0 amide bonds. The molecule has 4 heteroatoms. The van der Waals surface area contributed by atoms with Gasteiger partial charge in [-0.25, -0.2) is 0 Å². The van der Waals surface area contributed by atoms with Crippen LogP contribution in [0.25, 0.3) is 0 Å². The smallest absolute Gasteiger partial charge is 0.0590 e. The molecule has 0 aliphatic carbocycles. The van der Waals surface area contributed by atoms with Gasteiger partial charge in [-0.15, -0.1) is 0 Å². The van der Waals surface area contributed by atoms with E-state index in [9.17, 15) is 0 Å². The van der Waals surface area contributed by atoms with Crippen LogP contribution in [0, 0.1) is 5.92 Å². The molecule has 4 nitrogen and oxygen atoms in total. The lowest BCUT2D eigenvalue weighted by molar-refractivity contribution is -0.0260. The predicted molar refractivity (Wildman–Crippen MR) is 74.7 cm³/mol. The summed E-state index contributed by atoms with van der Waals surface area (Å²) < 4.78 is 5.29. The van der Waals surface area contributed by atoms with Gasteiger partial charge in [0.2, 0.25) is 0 Å². The Morgan fingerprint density at radius 1 is 1.44 bits per heavy atom. The number of methoxy groups -OCH3 is 1. The monoisotopic (exact) mass is 255 g/mol. The minimum atomic E-state index is 0.208. The third-order valence-corrected chi connectivity index (χ3v) is 4.98. The van der Waals surface area contributed by atoms with E-state index < -0.39 is 0 Å². The van der Waals surface area contributed by atoms with Crippen molar-refractivity contribution in [2.24, 2.45) is 11.7 Å². The molecule has 2 rings (SSSR count). The van der Waals surface area contributed by atoms with Crippen molar-refractivity contribution < 1.29 is 4.74 Å². The maximum atomic E-state index is 6.23. The molecule has 0 aromatic heterocycles. The van der Waals surface area contributed by atoms with Crippen LogP contribution in [0.5, 0.6) is 0 Å². The molecule has 106 valence electrons. The van der Waals surface area contributed by atoms with Crippen LogP contribution in [0.1, 0.15) is 26.7 Å². The summed E-state index contributed by atoms with van der Waals surface area (Å²) in [7, 11) is 1.78. The van der Waals surface area contributed by atoms with E-state index in [1.54, 1.807) is 7.11 Å². The van der Waals surface area contributed by atoms with Crippen LogP contribution < -0.4 is 5.73 Å². The Morgan fingerprint density at radius 3 is 2.83 bits per heavy atom. The van der Waals surface area contributed by atoms with Crippen molar-refractivity contribution in [1.29, 1.82) is 0 Å². The Bertz CT molecular complexity index is 272. The summed E-state index contributed by atoms with van der Waals surface area (Å²) in [5.41, 5.74) is 6.44. The SMILES string of the molecule is COCCN(C(C)C)C1(CN)CCN2CCC1C2. The van der Waals surface area contributed by atoms with Gasteiger partial charge in [-0.3, -0.25) is 4.90 Å². The second-order valence-corrected chi connectivity index (χ2v) is 6.12. The fourth-order valence-electron chi connectivity index (χ4n) is 3.98. The van der Waals surface area contributed by atoms with Gasteiger partial charge in [0, 0.05) is 38.3 Å². The van der Waals surface area contributed by atoms with E-state index in [1.165, 1.54) is 32.5 Å². The van der Waals surface area contributed by atoms with Gasteiger partial charge in [0.15, 0.2) is 0 Å². The molecule has 0 radical (unpaired) electrons. The number of nitrogens with zero attached hydrogens (tertiary/aromatic N) is 2. The number of hydrogen-bond acceptors (Lipinski definition) is 4. The Balaban J connectivity index is 2.17. The lowest BCUT2D eigenvalue weighted by atomic mass is 9.76. The first-order valence-corrected chi connectivity index (χ1v) is 7.32. The molecule has 0 saturated carbocycles. The summed E-state index contributed by atoms with van der Waals surface area (Å²) in [6, 6.07) is 0.538. The largest absolute Gasteiger partial charge is 0.383 e. The van der Waals surface area contributed by atoms with Crippen molar-refractivity contribution in [3.63, 3.8) is 0 Å². The number of rotatable bonds is 6. The first kappa shape index (κ1) is 14.3. The van der Waals surface area contributed by atoms with Gasteiger partial charge in [0.05, 0.1) is 6.61 Å². The van der Waals surface area contributed by atoms with E-state index in [-0.39, 0.29) is 5.54 Å². The molecule has 0 aromatic carbocycles. The highest BCUT2D eigenvalue weighted by Crippen LogP contribution is 2.40. The third-order valence-electron chi connectivity index (χ3n) is 4.98. The maximum absolute atomic E-state index is 6.23. The number of nitrogens with two attached hydrogens (primary N) is 1. The molecule has 3 atom stereocenters. The second-order valence-electron chi connectivity index (χ2n) is 6.12. The highest BCUT2D eigenvalue weighted by molar-refractivity contribution is 5.05. The van der Waals surface area contributed by atoms with Crippen LogP contribution in [-0.2, 0) is 4.74 Å². The first-order valence-electron chi connectivity index (χ1n) is 7.32. The van der Waals surface area contributed by atoms with Crippen LogP contribution in [0.4, 0.5) is 0 Å². The van der Waals surface area contributed by atoms with E-state index in [1.807, 2.05) is 0 Å². The number of ether oxygens (including phenoxy) is 1. The molecule has 0 spiro atoms. The van der Waals surface area contributed by atoms with Crippen molar-refractivity contribution in [2.45, 2.75) is 38.3 Å². The first-order chi connectivity index (χ1) is 8.64. The van der Waals surface area contributed by atoms with Gasteiger partial charge < -0.3 is 15.4 Å². The zero-order chi connectivity index (χ0) is 13.2. The van der Waals surface area contributed by atoms with Crippen molar-refractivity contribution in [3.8, 4) is 0 Å². The van der Waals surface area contributed by atoms with Gasteiger partial charge in [0.25, 0.3) is 0 Å². The molecule has 0 aromatic rings. The average molecular weight is 255 g/mol. The molecule has 3 unspecified atom stereocenters. The fraction of sp³-hybridized carbons (Fsp3) is 1.00. The van der Waals surface area contributed by atoms with Crippen molar-refractivity contribution in [2.75, 3.05) is 46.4 Å². The summed E-state index contributed by atoms with van der Waals surface area (Å²) in [5, 5.41) is 0. The standard InChI is InChI=1S/C14H29N3O/c1-12(2)17(8-9-18-3)14(11-15)5-7-16-6-4-13(14)10-16/h12-13H,4-11,15H2,1-3H3. The Labute approximate surface area is 111 Å². The van der Waals surface area contributed by atoms with E-state index >= 15 is 0 Å². The minimum Gasteiger partial charge on any atom is -0.383 e. The third kappa shape index (κ3) is 2.44. The van der Waals surface area contributed by atoms with Gasteiger partial charge in [0.1, 0.15) is 0 Å². The Hall–Kier alpha value is -0.160. The normalized spacial score (nSPS) is 35.7. The molecule has 2 aliphatic heterocycles. The lowest BCUT2D eigenvalue weighted by Gasteiger charge is -2.52. The molecule has 2 N–H and O–H groups in total. The zero-order valence-corrected chi connectivity index (χ0v) is 12.2. The van der Waals surface area contributed by atoms with Crippen molar-refractivity contribution >= 4 is 0 Å². The maximum Gasteiger partial charge on any atom is 0.0590 e. The second kappa shape index (κ2) is 5.87. The summed E-state index contributed by atoms with van der Waals surface area (Å²) in [5.74, 6) is 0.746. The topological polar surface area (TPSA) is 41.7 Å². The highest BCUT2D eigenvalue weighted by atomic mass is 16.5. The Kier molecular flexibility index (Phi) is 4.64. The molecule has 2 aliphatic rings. The Morgan fingerprint density at radius 2 is 2.22 bits per heavy atom. The van der Waals surface area contributed by atoms with E-state index in [4.69, 9.17) is 10.5 Å². The summed E-state index contributed by atoms with van der Waals surface area (Å²) in [6.45, 7) is 10.9. The lowest BCUT2D eigenvalue weighted by Crippen LogP contribution is -2.64. The van der Waals surface area contributed by atoms with Crippen LogP contribution in [0.15, 0.2) is 0 Å². The molecule has 2 saturated heterocycles. The van der Waals surface area contributed by atoms with E-state index in [2.05, 4.69) is 23.6 Å². The van der Waals surface area contributed by atoms with Gasteiger partial charge >= 0.3 is 0 Å². The predicted octanol–water partition coefficient (Wildman–Crippen LogP) is 0.766. The summed E-state index contributed by atoms with van der Waals surface area (Å²) >= 11 is 0. The average Bonchev–Trinajstić information content (AvgIpc) is 2.76. The zero-order valence-electron chi connectivity index (χ0n) is 12.2. The number of hydrogen-bond donors (Lipinski definition) is 1. The molecule has 2 bridgehead atoms. The van der Waals surface area contributed by atoms with Gasteiger partial charge in [-0.2, -0.15) is 0 Å². The highest BCUT2D eigenvalue weighted by Gasteiger charge is 2.49. The van der Waals surface area contributed by atoms with Crippen LogP contribution in [-0.4, -0.2) is 67.8 Å². The number of fused-ring (bicyclic) bond motifs is 2. The van der Waals surface area contributed by atoms with Gasteiger partial charge in [-0.05, 0) is 45.7 Å². The quantitative estimate of drug-likeness (QED) is 0.761. The fourth-order valence-corrected chi connectivity index (χ4v) is 3.98. The summed E-state index contributed by atoms with van der Waals surface area (Å²) in [4.78, 5) is 5.21. The minimum absolute atomic E-state index is 0.208. The molecule has 2 fully saturated rings. The molecular formula is C14H29N3O. The van der Waals surface area contributed by atoms with E-state index in [0.717, 1.165) is 25.6 Å². The van der Waals surface area contributed by atoms with Crippen molar-refractivity contribution in [3.05, 3.63) is 0 Å². The van der Waals surface area contributed by atoms with Crippen LogP contribution in [0.3, 0.4) is 0 Å². The van der Waals surface area contributed by atoms with Crippen molar-refractivity contribution in [1.82, 2.24) is 9.80 Å². The molecule has 18 heavy (non-hydrogen) atoms. The number of piperidine rings is 1. The van der Waals surface area contributed by atoms with Crippen LogP contribution >= 0.6 is 0 Å². The molecular weight excluding hydrogens is 226 g/mol. The van der Waals surface area contributed by atoms with E-state index in [0.29, 0.717) is 6.04 Å². The molecule has 2 heterocycles. The van der Waals surface area contributed by atoms with Gasteiger partial charge in [-0.1, -0.05) is 0 Å².